The molecule has 3 aromatic rings. The molecule has 1 saturated heterocycles. The molecule has 0 saturated carbocycles. The highest BCUT2D eigenvalue weighted by molar-refractivity contribution is 6.51. The van der Waals surface area contributed by atoms with Crippen LogP contribution in [0.4, 0.5) is 5.69 Å². The number of aliphatic hydroxyl groups is 1. The van der Waals surface area contributed by atoms with E-state index >= 15 is 0 Å². The fourth-order valence-electron chi connectivity index (χ4n) is 4.71. The number of carbonyl (C=O) groups is 3. The number of Topliss-reactive ketones (excluding diaryl/α,β-unsaturated/α-hetero) is 1. The quantitative estimate of drug-likeness (QED) is 0.237. The smallest absolute Gasteiger partial charge is 0.338 e. The summed E-state index contributed by atoms with van der Waals surface area (Å²) in [7, 11) is 0. The van der Waals surface area contributed by atoms with E-state index in [-0.39, 0.29) is 29.1 Å². The minimum atomic E-state index is -0.999. The number of nitrogens with zero attached hydrogens (tertiary/aromatic N) is 2. The van der Waals surface area contributed by atoms with Gasteiger partial charge in [0, 0.05) is 23.9 Å². The fraction of sp³-hybridized carbons (Fsp3) is 0.241. The average molecular weight is 499 g/mol. The lowest BCUT2D eigenvalue weighted by Gasteiger charge is -2.25. The van der Waals surface area contributed by atoms with Crippen LogP contribution in [0.1, 0.15) is 54.0 Å². The summed E-state index contributed by atoms with van der Waals surface area (Å²) in [5.74, 6) is -1.78. The standard InChI is InChI=1S/C29H26N2O6/c1-16(2)36-29(35)19-7-6-8-21(15-19)31-25(22-9-4-5-12-30-22)24(27(33)28(31)34)26(32)18-10-11-23-20(14-18)13-17(3)37-23/h4-12,14-17,25,32H,13H2,1-3H3/b26-24-. The monoisotopic (exact) mass is 498 g/mol. The summed E-state index contributed by atoms with van der Waals surface area (Å²) >= 11 is 0. The number of ketones is 1. The average Bonchev–Trinajstić information content (AvgIpc) is 3.39. The first-order valence-corrected chi connectivity index (χ1v) is 12.1. The number of anilines is 1. The van der Waals surface area contributed by atoms with E-state index in [9.17, 15) is 19.5 Å². The molecule has 1 amide bonds. The first-order chi connectivity index (χ1) is 17.7. The molecule has 1 aromatic heterocycles. The molecule has 2 atom stereocenters. The van der Waals surface area contributed by atoms with Crippen LogP contribution >= 0.6 is 0 Å². The molecule has 188 valence electrons. The third-order valence-corrected chi connectivity index (χ3v) is 6.28. The Morgan fingerprint density at radius 3 is 2.62 bits per heavy atom. The molecule has 5 rings (SSSR count). The van der Waals surface area contributed by atoms with Gasteiger partial charge in [0.15, 0.2) is 0 Å². The third-order valence-electron chi connectivity index (χ3n) is 6.28. The lowest BCUT2D eigenvalue weighted by atomic mass is 9.96. The van der Waals surface area contributed by atoms with Gasteiger partial charge < -0.3 is 14.6 Å². The van der Waals surface area contributed by atoms with Crippen LogP contribution < -0.4 is 9.64 Å². The van der Waals surface area contributed by atoms with Crippen LogP contribution in [0.5, 0.6) is 5.75 Å². The van der Waals surface area contributed by atoms with Crippen LogP contribution in [0.25, 0.3) is 5.76 Å². The second-order valence-electron chi connectivity index (χ2n) is 9.38. The van der Waals surface area contributed by atoms with E-state index in [0.29, 0.717) is 23.4 Å². The molecule has 8 nitrogen and oxygen atoms in total. The molecular weight excluding hydrogens is 472 g/mol. The van der Waals surface area contributed by atoms with Crippen LogP contribution in [0, 0.1) is 0 Å². The van der Waals surface area contributed by atoms with Gasteiger partial charge >= 0.3 is 5.97 Å². The van der Waals surface area contributed by atoms with Crippen molar-refractivity contribution < 1.29 is 29.0 Å². The Balaban J connectivity index is 1.63. The Bertz CT molecular complexity index is 1430. The molecule has 1 fully saturated rings. The second kappa shape index (κ2) is 9.54. The predicted octanol–water partition coefficient (Wildman–Crippen LogP) is 4.60. The number of fused-ring (bicyclic) bond motifs is 1. The van der Waals surface area contributed by atoms with Crippen molar-refractivity contribution in [3.8, 4) is 5.75 Å². The second-order valence-corrected chi connectivity index (χ2v) is 9.38. The highest BCUT2D eigenvalue weighted by Crippen LogP contribution is 2.42. The van der Waals surface area contributed by atoms with E-state index in [1.54, 1.807) is 74.6 Å². The van der Waals surface area contributed by atoms with Gasteiger partial charge in [-0.05, 0) is 74.9 Å². The van der Waals surface area contributed by atoms with Crippen molar-refractivity contribution in [3.05, 3.63) is 94.8 Å². The Labute approximate surface area is 214 Å². The molecule has 0 spiro atoms. The summed E-state index contributed by atoms with van der Waals surface area (Å²) in [5, 5.41) is 11.4. The molecule has 2 aromatic carbocycles. The summed E-state index contributed by atoms with van der Waals surface area (Å²) < 4.78 is 11.0. The minimum absolute atomic E-state index is 0.0150. The number of aliphatic hydroxyl groups excluding tert-OH is 1. The van der Waals surface area contributed by atoms with E-state index in [2.05, 4.69) is 4.98 Å². The van der Waals surface area contributed by atoms with Gasteiger partial charge in [-0.1, -0.05) is 12.1 Å². The largest absolute Gasteiger partial charge is 0.507 e. The van der Waals surface area contributed by atoms with Crippen molar-refractivity contribution in [2.45, 2.75) is 45.4 Å². The zero-order valence-electron chi connectivity index (χ0n) is 20.7. The maximum atomic E-state index is 13.4. The van der Waals surface area contributed by atoms with E-state index in [4.69, 9.17) is 9.47 Å². The number of carbonyl (C=O) groups excluding carboxylic acids is 3. The number of benzene rings is 2. The molecule has 1 N–H and O–H groups in total. The van der Waals surface area contributed by atoms with Gasteiger partial charge in [-0.2, -0.15) is 0 Å². The Morgan fingerprint density at radius 1 is 1.08 bits per heavy atom. The molecule has 8 heteroatoms. The van der Waals surface area contributed by atoms with Gasteiger partial charge in [0.25, 0.3) is 11.7 Å². The molecule has 2 aliphatic rings. The number of hydrogen-bond acceptors (Lipinski definition) is 7. The first kappa shape index (κ1) is 24.2. The SMILES string of the molecule is CC(C)OC(=O)c1cccc(N2C(=O)C(=O)/C(=C(\O)c3ccc4c(c3)CC(C)O4)C2c2ccccn2)c1. The fourth-order valence-corrected chi connectivity index (χ4v) is 4.71. The van der Waals surface area contributed by atoms with Crippen molar-refractivity contribution in [2.24, 2.45) is 0 Å². The molecule has 2 aliphatic heterocycles. The first-order valence-electron chi connectivity index (χ1n) is 12.1. The lowest BCUT2D eigenvalue weighted by Crippen LogP contribution is -2.30. The van der Waals surface area contributed by atoms with Gasteiger partial charge in [-0.25, -0.2) is 4.79 Å². The topological polar surface area (TPSA) is 106 Å². The van der Waals surface area contributed by atoms with Gasteiger partial charge in [0.05, 0.1) is 22.9 Å². The predicted molar refractivity (Wildman–Crippen MR) is 136 cm³/mol. The normalized spacial score (nSPS) is 20.2. The molecule has 0 aliphatic carbocycles. The van der Waals surface area contributed by atoms with Gasteiger partial charge in [0.2, 0.25) is 0 Å². The third kappa shape index (κ3) is 4.46. The molecule has 0 radical (unpaired) electrons. The van der Waals surface area contributed by atoms with E-state index in [1.807, 2.05) is 6.92 Å². The molecule has 37 heavy (non-hydrogen) atoms. The highest BCUT2D eigenvalue weighted by atomic mass is 16.5. The number of ether oxygens (including phenoxy) is 2. The summed E-state index contributed by atoms with van der Waals surface area (Å²) in [6, 6.07) is 15.7. The number of aromatic nitrogens is 1. The highest BCUT2D eigenvalue weighted by Gasteiger charge is 2.47. The van der Waals surface area contributed by atoms with Crippen molar-refractivity contribution >= 4 is 29.1 Å². The zero-order chi connectivity index (χ0) is 26.3. The summed E-state index contributed by atoms with van der Waals surface area (Å²) in [6.07, 6.45) is 1.93. The summed E-state index contributed by atoms with van der Waals surface area (Å²) in [6.45, 7) is 5.44. The Kier molecular flexibility index (Phi) is 6.25. The molecule has 0 bridgehead atoms. The number of amides is 1. The number of rotatable bonds is 5. The van der Waals surface area contributed by atoms with Gasteiger partial charge in [-0.3, -0.25) is 19.5 Å². The summed E-state index contributed by atoms with van der Waals surface area (Å²) in [5.41, 5.74) is 2.19. The van der Waals surface area contributed by atoms with Gasteiger partial charge in [-0.15, -0.1) is 0 Å². The maximum Gasteiger partial charge on any atom is 0.338 e. The van der Waals surface area contributed by atoms with Crippen LogP contribution in [0.15, 0.2) is 72.4 Å². The number of esters is 1. The Morgan fingerprint density at radius 2 is 1.89 bits per heavy atom. The van der Waals surface area contributed by atoms with Crippen LogP contribution in [0.2, 0.25) is 0 Å². The minimum Gasteiger partial charge on any atom is -0.507 e. The molecular formula is C29H26N2O6. The Hall–Kier alpha value is -4.46. The number of pyridine rings is 1. The van der Waals surface area contributed by atoms with Crippen molar-refractivity contribution in [2.75, 3.05) is 4.90 Å². The lowest BCUT2D eigenvalue weighted by molar-refractivity contribution is -0.132. The summed E-state index contributed by atoms with van der Waals surface area (Å²) in [4.78, 5) is 45.0. The van der Waals surface area contributed by atoms with Crippen molar-refractivity contribution in [3.63, 3.8) is 0 Å². The van der Waals surface area contributed by atoms with E-state index < -0.39 is 23.7 Å². The van der Waals surface area contributed by atoms with Gasteiger partial charge in [0.1, 0.15) is 23.7 Å². The van der Waals surface area contributed by atoms with Crippen LogP contribution in [-0.4, -0.2) is 40.0 Å². The van der Waals surface area contributed by atoms with Crippen molar-refractivity contribution in [1.29, 1.82) is 0 Å². The molecule has 3 heterocycles. The van der Waals surface area contributed by atoms with E-state index in [0.717, 1.165) is 11.3 Å². The molecule has 2 unspecified atom stereocenters. The van der Waals surface area contributed by atoms with E-state index in [1.165, 1.54) is 11.0 Å². The zero-order valence-corrected chi connectivity index (χ0v) is 20.7. The van der Waals surface area contributed by atoms with Crippen LogP contribution in [-0.2, 0) is 20.7 Å². The number of hydrogen-bond donors (Lipinski definition) is 1. The van der Waals surface area contributed by atoms with Crippen LogP contribution in [0.3, 0.4) is 0 Å². The van der Waals surface area contributed by atoms with Crippen molar-refractivity contribution in [1.82, 2.24) is 4.98 Å². The maximum absolute atomic E-state index is 13.4.